The predicted molar refractivity (Wildman–Crippen MR) is 106 cm³/mol. The number of benzene rings is 2. The van der Waals surface area contributed by atoms with Gasteiger partial charge in [-0.25, -0.2) is 0 Å². The third-order valence-corrected chi connectivity index (χ3v) is 4.65. The van der Waals surface area contributed by atoms with E-state index in [1.165, 1.54) is 33.5 Å². The fourth-order valence-corrected chi connectivity index (χ4v) is 2.94. The molecule has 0 spiro atoms. The maximum absolute atomic E-state index is 12.7. The first-order valence-corrected chi connectivity index (χ1v) is 9.06. The average molecular weight is 405 g/mol. The molecule has 0 aromatic heterocycles. The number of carbonyl (C=O) groups is 2. The second-order valence-corrected chi connectivity index (χ2v) is 6.71. The maximum Gasteiger partial charge on any atom is 0.259 e. The van der Waals surface area contributed by atoms with Crippen LogP contribution in [0.5, 0.6) is 17.2 Å². The van der Waals surface area contributed by atoms with Crippen molar-refractivity contribution in [3.05, 3.63) is 46.5 Å². The molecule has 0 unspecified atom stereocenters. The number of hydrogen-bond donors (Lipinski definition) is 2. The average Bonchev–Trinajstić information content (AvgIpc) is 3.50. The normalized spacial score (nSPS) is 12.9. The third-order valence-electron chi connectivity index (χ3n) is 4.33. The van der Waals surface area contributed by atoms with Crippen molar-refractivity contribution in [1.29, 1.82) is 0 Å². The van der Waals surface area contributed by atoms with E-state index in [1.807, 2.05) is 0 Å². The Morgan fingerprint density at radius 2 is 1.54 bits per heavy atom. The molecule has 148 valence electrons. The van der Waals surface area contributed by atoms with Crippen LogP contribution in [0.15, 0.2) is 30.3 Å². The largest absolute Gasteiger partial charge is 0.496 e. The Labute approximate surface area is 167 Å². The van der Waals surface area contributed by atoms with Gasteiger partial charge in [-0.1, -0.05) is 11.6 Å². The monoisotopic (exact) mass is 404 g/mol. The lowest BCUT2D eigenvalue weighted by Gasteiger charge is -2.14. The molecule has 0 aliphatic heterocycles. The Bertz CT molecular complexity index is 912. The molecule has 1 saturated carbocycles. The second kappa shape index (κ2) is 8.39. The van der Waals surface area contributed by atoms with Gasteiger partial charge in [-0.15, -0.1) is 0 Å². The van der Waals surface area contributed by atoms with Crippen molar-refractivity contribution in [2.45, 2.75) is 18.9 Å². The minimum absolute atomic E-state index is 0.216. The SMILES string of the molecule is COc1cc(OC)c(C(=O)Nc2ccc(C(=O)NC3CC3)c(Cl)c2)cc1OC. The zero-order valence-electron chi connectivity index (χ0n) is 15.8. The Morgan fingerprint density at radius 1 is 0.893 bits per heavy atom. The molecule has 2 aromatic rings. The zero-order chi connectivity index (χ0) is 20.3. The lowest BCUT2D eigenvalue weighted by Crippen LogP contribution is -2.25. The number of ether oxygens (including phenoxy) is 3. The van der Waals surface area contributed by atoms with E-state index in [0.717, 1.165) is 12.8 Å². The van der Waals surface area contributed by atoms with Crippen LogP contribution >= 0.6 is 11.6 Å². The minimum Gasteiger partial charge on any atom is -0.496 e. The van der Waals surface area contributed by atoms with Crippen LogP contribution < -0.4 is 24.8 Å². The zero-order valence-corrected chi connectivity index (χ0v) is 16.6. The van der Waals surface area contributed by atoms with E-state index in [1.54, 1.807) is 18.2 Å². The van der Waals surface area contributed by atoms with E-state index >= 15 is 0 Å². The van der Waals surface area contributed by atoms with Gasteiger partial charge in [0.15, 0.2) is 11.5 Å². The number of carbonyl (C=O) groups excluding carboxylic acids is 2. The van der Waals surface area contributed by atoms with E-state index in [9.17, 15) is 9.59 Å². The molecule has 0 saturated heterocycles. The Morgan fingerprint density at radius 3 is 2.11 bits per heavy atom. The van der Waals surface area contributed by atoms with Gasteiger partial charge in [0.1, 0.15) is 5.75 Å². The van der Waals surface area contributed by atoms with E-state index in [-0.39, 0.29) is 22.5 Å². The summed E-state index contributed by atoms with van der Waals surface area (Å²) >= 11 is 6.23. The number of amides is 2. The van der Waals surface area contributed by atoms with Crippen molar-refractivity contribution in [3.8, 4) is 17.2 Å². The molecule has 1 aliphatic rings. The smallest absolute Gasteiger partial charge is 0.259 e. The molecule has 3 rings (SSSR count). The number of methoxy groups -OCH3 is 3. The van der Waals surface area contributed by atoms with Crippen molar-refractivity contribution >= 4 is 29.1 Å². The van der Waals surface area contributed by atoms with Crippen molar-refractivity contribution < 1.29 is 23.8 Å². The van der Waals surface area contributed by atoms with E-state index in [4.69, 9.17) is 25.8 Å². The standard InChI is InChI=1S/C20H21ClN2O5/c1-26-16-10-18(28-3)17(27-2)9-14(16)20(25)23-12-6-7-13(15(21)8-12)19(24)22-11-4-5-11/h6-11H,4-5H2,1-3H3,(H,22,24)(H,23,25). The topological polar surface area (TPSA) is 85.9 Å². The number of halogens is 1. The van der Waals surface area contributed by atoms with E-state index in [0.29, 0.717) is 28.5 Å². The molecule has 28 heavy (non-hydrogen) atoms. The van der Waals surface area contributed by atoms with Crippen LogP contribution in [0.1, 0.15) is 33.6 Å². The Balaban J connectivity index is 1.80. The van der Waals surface area contributed by atoms with Gasteiger partial charge in [-0.05, 0) is 31.0 Å². The molecule has 0 radical (unpaired) electrons. The van der Waals surface area contributed by atoms with E-state index < -0.39 is 5.91 Å². The van der Waals surface area contributed by atoms with E-state index in [2.05, 4.69) is 10.6 Å². The van der Waals surface area contributed by atoms with Gasteiger partial charge in [0.2, 0.25) is 0 Å². The van der Waals surface area contributed by atoms with Crippen LogP contribution in [0.25, 0.3) is 0 Å². The van der Waals surface area contributed by atoms with Gasteiger partial charge < -0.3 is 24.8 Å². The molecule has 2 aromatic carbocycles. The van der Waals surface area contributed by atoms with Crippen LogP contribution in [0.3, 0.4) is 0 Å². The van der Waals surface area contributed by atoms with Crippen LogP contribution in [-0.2, 0) is 0 Å². The minimum atomic E-state index is -0.413. The summed E-state index contributed by atoms with van der Waals surface area (Å²) in [6.45, 7) is 0. The quantitative estimate of drug-likeness (QED) is 0.737. The molecule has 1 fully saturated rings. The summed E-state index contributed by atoms with van der Waals surface area (Å²) in [6.07, 6.45) is 1.98. The highest BCUT2D eigenvalue weighted by Crippen LogP contribution is 2.35. The van der Waals surface area contributed by atoms with Crippen molar-refractivity contribution in [2.24, 2.45) is 0 Å². The summed E-state index contributed by atoms with van der Waals surface area (Å²) in [5, 5.41) is 5.89. The second-order valence-electron chi connectivity index (χ2n) is 6.30. The van der Waals surface area contributed by atoms with Gasteiger partial charge in [0.05, 0.1) is 37.5 Å². The molecule has 1 aliphatic carbocycles. The number of hydrogen-bond acceptors (Lipinski definition) is 5. The van der Waals surface area contributed by atoms with Gasteiger partial charge in [0.25, 0.3) is 11.8 Å². The molecule has 2 amide bonds. The van der Waals surface area contributed by atoms with Crippen LogP contribution in [0.4, 0.5) is 5.69 Å². The molecular weight excluding hydrogens is 384 g/mol. The highest BCUT2D eigenvalue weighted by Gasteiger charge is 2.25. The fraction of sp³-hybridized carbons (Fsp3) is 0.300. The van der Waals surface area contributed by atoms with Crippen molar-refractivity contribution in [1.82, 2.24) is 5.32 Å². The molecule has 0 bridgehead atoms. The lowest BCUT2D eigenvalue weighted by atomic mass is 10.1. The molecule has 2 N–H and O–H groups in total. The number of anilines is 1. The van der Waals surface area contributed by atoms with Gasteiger partial charge in [0, 0.05) is 23.9 Å². The number of nitrogens with one attached hydrogen (secondary N) is 2. The molecule has 0 atom stereocenters. The first kappa shape index (κ1) is 19.8. The molecular formula is C20H21ClN2O5. The number of rotatable bonds is 7. The summed E-state index contributed by atoms with van der Waals surface area (Å²) in [5.41, 5.74) is 1.09. The summed E-state index contributed by atoms with van der Waals surface area (Å²) in [7, 11) is 4.44. The first-order chi connectivity index (χ1) is 13.5. The maximum atomic E-state index is 12.7. The molecule has 0 heterocycles. The predicted octanol–water partition coefficient (Wildman–Crippen LogP) is 3.51. The van der Waals surface area contributed by atoms with Crippen LogP contribution in [-0.4, -0.2) is 39.2 Å². The molecule has 8 heteroatoms. The van der Waals surface area contributed by atoms with Gasteiger partial charge in [-0.2, -0.15) is 0 Å². The van der Waals surface area contributed by atoms with Crippen LogP contribution in [0.2, 0.25) is 5.02 Å². The summed E-state index contributed by atoms with van der Waals surface area (Å²) in [6, 6.07) is 8.09. The first-order valence-electron chi connectivity index (χ1n) is 8.68. The summed E-state index contributed by atoms with van der Waals surface area (Å²) in [5.74, 6) is 0.557. The highest BCUT2D eigenvalue weighted by atomic mass is 35.5. The fourth-order valence-electron chi connectivity index (χ4n) is 2.67. The highest BCUT2D eigenvalue weighted by molar-refractivity contribution is 6.34. The Hall–Kier alpha value is -2.93. The summed E-state index contributed by atoms with van der Waals surface area (Å²) in [4.78, 5) is 24.9. The third kappa shape index (κ3) is 4.31. The summed E-state index contributed by atoms with van der Waals surface area (Å²) < 4.78 is 15.8. The van der Waals surface area contributed by atoms with Gasteiger partial charge >= 0.3 is 0 Å². The Kier molecular flexibility index (Phi) is 5.94. The lowest BCUT2D eigenvalue weighted by molar-refractivity contribution is 0.0950. The van der Waals surface area contributed by atoms with Crippen molar-refractivity contribution in [2.75, 3.05) is 26.6 Å². The van der Waals surface area contributed by atoms with Crippen molar-refractivity contribution in [3.63, 3.8) is 0 Å². The van der Waals surface area contributed by atoms with Gasteiger partial charge in [-0.3, -0.25) is 9.59 Å². The van der Waals surface area contributed by atoms with Crippen LogP contribution in [0, 0.1) is 0 Å². The molecule has 7 nitrogen and oxygen atoms in total.